The van der Waals surface area contributed by atoms with Crippen molar-refractivity contribution < 1.29 is 23.8 Å². The average Bonchev–Trinajstić information content (AvgIpc) is 2.71. The van der Waals surface area contributed by atoms with Crippen LogP contribution in [0.15, 0.2) is 45.6 Å². The highest BCUT2D eigenvalue weighted by Crippen LogP contribution is 2.32. The highest BCUT2D eigenvalue weighted by Gasteiger charge is 2.16. The number of amides is 1. The number of hydrogen-bond donors (Lipinski definition) is 2. The van der Waals surface area contributed by atoms with E-state index in [-0.39, 0.29) is 29.7 Å². The monoisotopic (exact) mass is 431 g/mol. The van der Waals surface area contributed by atoms with Crippen LogP contribution in [0, 0.1) is 6.92 Å². The van der Waals surface area contributed by atoms with Crippen molar-refractivity contribution in [3.8, 4) is 11.5 Å². The van der Waals surface area contributed by atoms with Crippen molar-refractivity contribution in [3.63, 3.8) is 0 Å². The van der Waals surface area contributed by atoms with Gasteiger partial charge in [0, 0.05) is 29.1 Å². The van der Waals surface area contributed by atoms with Crippen molar-refractivity contribution >= 4 is 34.2 Å². The summed E-state index contributed by atoms with van der Waals surface area (Å²) in [7, 11) is 1.56. The summed E-state index contributed by atoms with van der Waals surface area (Å²) in [5, 5.41) is 13.2. The third-order valence-corrected chi connectivity index (χ3v) is 4.87. The molecule has 3 aromatic rings. The molecule has 30 heavy (non-hydrogen) atoms. The Bertz CT molecular complexity index is 1120. The molecule has 2 N–H and O–H groups in total. The van der Waals surface area contributed by atoms with Crippen LogP contribution in [0.5, 0.6) is 11.5 Å². The van der Waals surface area contributed by atoms with Crippen molar-refractivity contribution in [1.82, 2.24) is 0 Å². The average molecular weight is 432 g/mol. The molecule has 0 radical (unpaired) electrons. The fraction of sp³-hybridized carbons (Fsp3) is 0.273. The van der Waals surface area contributed by atoms with E-state index in [9.17, 15) is 14.7 Å². The minimum Gasteiger partial charge on any atom is -0.497 e. The van der Waals surface area contributed by atoms with E-state index in [0.717, 1.165) is 0 Å². The smallest absolute Gasteiger partial charge is 0.339 e. The molecule has 3 rings (SSSR count). The lowest BCUT2D eigenvalue weighted by atomic mass is 10.0. The summed E-state index contributed by atoms with van der Waals surface area (Å²) in [6.07, 6.45) is -0.489. The maximum Gasteiger partial charge on any atom is 0.339 e. The second-order valence-electron chi connectivity index (χ2n) is 6.89. The zero-order valence-electron chi connectivity index (χ0n) is 16.8. The molecule has 8 heteroatoms. The van der Waals surface area contributed by atoms with Gasteiger partial charge in [0.15, 0.2) is 6.61 Å². The summed E-state index contributed by atoms with van der Waals surface area (Å²) >= 11 is 6.31. The summed E-state index contributed by atoms with van der Waals surface area (Å²) in [4.78, 5) is 24.4. The number of carbonyl (C=O) groups is 1. The summed E-state index contributed by atoms with van der Waals surface area (Å²) in [6, 6.07) is 9.99. The Kier molecular flexibility index (Phi) is 6.64. The molecule has 0 aliphatic heterocycles. The van der Waals surface area contributed by atoms with Crippen molar-refractivity contribution in [2.75, 3.05) is 19.0 Å². The number of methoxy groups -OCH3 is 1. The van der Waals surface area contributed by atoms with Crippen LogP contribution in [0.1, 0.15) is 18.1 Å². The number of fused-ring (bicyclic) bond motifs is 1. The lowest BCUT2D eigenvalue weighted by Crippen LogP contribution is -2.20. The fourth-order valence-electron chi connectivity index (χ4n) is 3.05. The van der Waals surface area contributed by atoms with E-state index < -0.39 is 11.7 Å². The van der Waals surface area contributed by atoms with Crippen LogP contribution in [0.25, 0.3) is 11.0 Å². The predicted molar refractivity (Wildman–Crippen MR) is 115 cm³/mol. The van der Waals surface area contributed by atoms with Gasteiger partial charge in [-0.15, -0.1) is 0 Å². The zero-order valence-corrected chi connectivity index (χ0v) is 17.6. The number of hydrogen-bond acceptors (Lipinski definition) is 6. The zero-order chi connectivity index (χ0) is 21.8. The topological polar surface area (TPSA) is 98.0 Å². The number of benzene rings is 2. The van der Waals surface area contributed by atoms with Crippen LogP contribution in [0.3, 0.4) is 0 Å². The third kappa shape index (κ3) is 4.93. The maximum atomic E-state index is 12.3. The molecule has 0 unspecified atom stereocenters. The molecule has 0 spiro atoms. The van der Waals surface area contributed by atoms with Gasteiger partial charge < -0.3 is 24.3 Å². The molecule has 7 nitrogen and oxygen atoms in total. The van der Waals surface area contributed by atoms with E-state index in [2.05, 4.69) is 5.32 Å². The van der Waals surface area contributed by atoms with Crippen LogP contribution in [0.4, 0.5) is 5.69 Å². The standard InChI is InChI=1S/C22H22ClNO6/c1-12(25)8-17-13(2)16-9-18(23)20(10-19(16)30-22(17)27)29-11-21(26)24-14-4-6-15(28-3)7-5-14/h4-7,9-10,12,25H,8,11H2,1-3H3,(H,24,26)/t12-/m0/s1. The van der Waals surface area contributed by atoms with Gasteiger partial charge in [-0.05, 0) is 49.7 Å². The highest BCUT2D eigenvalue weighted by molar-refractivity contribution is 6.32. The SMILES string of the molecule is COc1ccc(NC(=O)COc2cc3oc(=O)c(C[C@H](C)O)c(C)c3cc2Cl)cc1. The number of aliphatic hydroxyl groups excluding tert-OH is 1. The molecule has 158 valence electrons. The largest absolute Gasteiger partial charge is 0.497 e. The third-order valence-electron chi connectivity index (χ3n) is 4.57. The minimum absolute atomic E-state index is 0.186. The van der Waals surface area contributed by atoms with Crippen LogP contribution in [-0.2, 0) is 11.2 Å². The van der Waals surface area contributed by atoms with Gasteiger partial charge in [0.05, 0.1) is 18.2 Å². The molecule has 0 saturated carbocycles. The Morgan fingerprint density at radius 3 is 2.60 bits per heavy atom. The molecule has 0 saturated heterocycles. The lowest BCUT2D eigenvalue weighted by Gasteiger charge is -2.12. The van der Waals surface area contributed by atoms with Gasteiger partial charge in [0.1, 0.15) is 17.1 Å². The number of nitrogens with one attached hydrogen (secondary N) is 1. The van der Waals surface area contributed by atoms with E-state index in [1.165, 1.54) is 6.07 Å². The number of aliphatic hydroxyl groups is 1. The van der Waals surface area contributed by atoms with Crippen molar-refractivity contribution in [3.05, 3.63) is 63.0 Å². The Morgan fingerprint density at radius 1 is 1.27 bits per heavy atom. The van der Waals surface area contributed by atoms with Crippen molar-refractivity contribution in [1.29, 1.82) is 0 Å². The number of aryl methyl sites for hydroxylation is 1. The number of carbonyl (C=O) groups excluding carboxylic acids is 1. The molecular weight excluding hydrogens is 410 g/mol. The molecule has 1 aromatic heterocycles. The molecular formula is C22H22ClNO6. The quantitative estimate of drug-likeness (QED) is 0.553. The lowest BCUT2D eigenvalue weighted by molar-refractivity contribution is -0.118. The van der Waals surface area contributed by atoms with E-state index in [4.69, 9.17) is 25.5 Å². The number of anilines is 1. The summed E-state index contributed by atoms with van der Waals surface area (Å²) in [6.45, 7) is 3.10. The molecule has 0 aliphatic rings. The van der Waals surface area contributed by atoms with Gasteiger partial charge in [-0.1, -0.05) is 11.6 Å². The molecule has 0 aliphatic carbocycles. The molecule has 0 fully saturated rings. The summed E-state index contributed by atoms with van der Waals surface area (Å²) in [5.74, 6) is 0.529. The normalized spacial score (nSPS) is 11.9. The van der Waals surface area contributed by atoms with Crippen molar-refractivity contribution in [2.24, 2.45) is 0 Å². The van der Waals surface area contributed by atoms with Crippen molar-refractivity contribution in [2.45, 2.75) is 26.4 Å². The van der Waals surface area contributed by atoms with Gasteiger partial charge in [-0.2, -0.15) is 0 Å². The minimum atomic E-state index is -0.675. The first-order valence-electron chi connectivity index (χ1n) is 9.29. The first kappa shape index (κ1) is 21.7. The summed E-state index contributed by atoms with van der Waals surface area (Å²) in [5.41, 5.74) is 1.46. The first-order valence-corrected chi connectivity index (χ1v) is 9.67. The highest BCUT2D eigenvalue weighted by atomic mass is 35.5. The fourth-order valence-corrected chi connectivity index (χ4v) is 3.26. The van der Waals surface area contributed by atoms with E-state index >= 15 is 0 Å². The van der Waals surface area contributed by atoms with Gasteiger partial charge in [-0.25, -0.2) is 4.79 Å². The Morgan fingerprint density at radius 2 is 1.97 bits per heavy atom. The Hall–Kier alpha value is -3.03. The number of ether oxygens (including phenoxy) is 2. The van der Waals surface area contributed by atoms with Crippen LogP contribution in [-0.4, -0.2) is 30.8 Å². The second kappa shape index (κ2) is 9.19. The van der Waals surface area contributed by atoms with E-state index in [1.54, 1.807) is 51.3 Å². The molecule has 1 amide bonds. The molecule has 1 atom stereocenters. The van der Waals surface area contributed by atoms with E-state index in [1.807, 2.05) is 0 Å². The molecule has 1 heterocycles. The maximum absolute atomic E-state index is 12.3. The van der Waals surface area contributed by atoms with Gasteiger partial charge in [-0.3, -0.25) is 4.79 Å². The molecule has 0 bridgehead atoms. The van der Waals surface area contributed by atoms with E-state index in [0.29, 0.717) is 33.5 Å². The number of halogens is 1. The van der Waals surface area contributed by atoms with Gasteiger partial charge in [0.25, 0.3) is 5.91 Å². The van der Waals surface area contributed by atoms with Crippen LogP contribution >= 0.6 is 11.6 Å². The Balaban J connectivity index is 1.76. The second-order valence-corrected chi connectivity index (χ2v) is 7.30. The number of rotatable bonds is 7. The first-order chi connectivity index (χ1) is 14.3. The molecule has 2 aromatic carbocycles. The van der Waals surface area contributed by atoms with Crippen LogP contribution in [0.2, 0.25) is 5.02 Å². The van der Waals surface area contributed by atoms with Crippen LogP contribution < -0.4 is 20.4 Å². The Labute approximate surface area is 178 Å². The predicted octanol–water partition coefficient (Wildman–Crippen LogP) is 3.70. The summed E-state index contributed by atoms with van der Waals surface area (Å²) < 4.78 is 16.0. The van der Waals surface area contributed by atoms with Gasteiger partial charge in [0.2, 0.25) is 0 Å². The van der Waals surface area contributed by atoms with Gasteiger partial charge >= 0.3 is 5.63 Å².